The summed E-state index contributed by atoms with van der Waals surface area (Å²) in [5.74, 6) is -1.29. The van der Waals surface area contributed by atoms with Crippen LogP contribution >= 0.6 is 0 Å². The molecule has 0 radical (unpaired) electrons. The largest absolute Gasteiger partial charge is 0.418 e. The zero-order valence-corrected chi connectivity index (χ0v) is 11.4. The maximum Gasteiger partial charge on any atom is 0.418 e. The number of hydrogen-bond acceptors (Lipinski definition) is 6. The molecule has 0 aromatic heterocycles. The van der Waals surface area contributed by atoms with Gasteiger partial charge in [-0.25, -0.2) is 9.59 Å². The Balaban J connectivity index is 3.85. The Labute approximate surface area is 116 Å². The van der Waals surface area contributed by atoms with Gasteiger partial charge in [-0.05, 0) is 12.8 Å². The van der Waals surface area contributed by atoms with Crippen molar-refractivity contribution < 1.29 is 28.7 Å². The fourth-order valence-corrected chi connectivity index (χ4v) is 0.995. The highest BCUT2D eigenvalue weighted by Crippen LogP contribution is 1.92. The molecule has 8 nitrogen and oxygen atoms in total. The Morgan fingerprint density at radius 1 is 0.800 bits per heavy atom. The highest BCUT2D eigenvalue weighted by atomic mass is 16.6. The van der Waals surface area contributed by atoms with E-state index in [9.17, 15) is 19.2 Å². The predicted octanol–water partition coefficient (Wildman–Crippen LogP) is 1.56. The van der Waals surface area contributed by atoms with Gasteiger partial charge in [0.2, 0.25) is 0 Å². The van der Waals surface area contributed by atoms with Crippen LogP contribution < -0.4 is 10.6 Å². The lowest BCUT2D eigenvalue weighted by Gasteiger charge is -2.02. The van der Waals surface area contributed by atoms with Crippen LogP contribution in [0.15, 0.2) is 12.4 Å². The minimum Gasteiger partial charge on any atom is -0.376 e. The second kappa shape index (κ2) is 10.5. The van der Waals surface area contributed by atoms with Gasteiger partial charge in [-0.2, -0.15) is 0 Å². The highest BCUT2D eigenvalue weighted by molar-refractivity contribution is 5.85. The molecule has 0 bridgehead atoms. The molecule has 0 spiro atoms. The fourth-order valence-electron chi connectivity index (χ4n) is 0.995. The lowest BCUT2D eigenvalue weighted by molar-refractivity contribution is -0.138. The van der Waals surface area contributed by atoms with Gasteiger partial charge in [0.15, 0.2) is 0 Å². The number of esters is 2. The van der Waals surface area contributed by atoms with Gasteiger partial charge >= 0.3 is 24.1 Å². The molecule has 0 rings (SSSR count). The zero-order valence-electron chi connectivity index (χ0n) is 11.4. The van der Waals surface area contributed by atoms with Crippen LogP contribution in [0.1, 0.15) is 39.5 Å². The zero-order chi connectivity index (χ0) is 15.4. The maximum absolute atomic E-state index is 11.0. The summed E-state index contributed by atoms with van der Waals surface area (Å²) in [5.41, 5.74) is 0. The van der Waals surface area contributed by atoms with E-state index in [4.69, 9.17) is 0 Å². The Morgan fingerprint density at radius 2 is 1.15 bits per heavy atom. The molecule has 0 aliphatic heterocycles. The molecule has 0 aliphatic rings. The summed E-state index contributed by atoms with van der Waals surface area (Å²) >= 11 is 0. The third-order valence-electron chi connectivity index (χ3n) is 1.81. The van der Waals surface area contributed by atoms with E-state index in [0.717, 1.165) is 12.4 Å². The van der Waals surface area contributed by atoms with Gasteiger partial charge in [-0.3, -0.25) is 20.2 Å². The minimum atomic E-state index is -0.961. The van der Waals surface area contributed by atoms with Crippen molar-refractivity contribution in [2.45, 2.75) is 39.5 Å². The van der Waals surface area contributed by atoms with E-state index >= 15 is 0 Å². The van der Waals surface area contributed by atoms with Gasteiger partial charge in [0, 0.05) is 25.2 Å². The molecule has 0 aliphatic carbocycles. The van der Waals surface area contributed by atoms with E-state index in [0.29, 0.717) is 12.8 Å². The van der Waals surface area contributed by atoms with Crippen molar-refractivity contribution in [2.75, 3.05) is 0 Å². The summed E-state index contributed by atoms with van der Waals surface area (Å²) in [7, 11) is 0. The summed E-state index contributed by atoms with van der Waals surface area (Å²) in [6, 6.07) is 0. The molecule has 0 fully saturated rings. The van der Waals surface area contributed by atoms with Gasteiger partial charge in [0.05, 0.1) is 0 Å². The fraction of sp³-hybridized carbons (Fsp3) is 0.500. The van der Waals surface area contributed by atoms with E-state index in [1.165, 1.54) is 0 Å². The topological polar surface area (TPSA) is 111 Å². The van der Waals surface area contributed by atoms with Gasteiger partial charge in [0.25, 0.3) is 0 Å². The van der Waals surface area contributed by atoms with Crippen LogP contribution in [0.2, 0.25) is 0 Å². The van der Waals surface area contributed by atoms with Gasteiger partial charge in [0.1, 0.15) is 0 Å². The summed E-state index contributed by atoms with van der Waals surface area (Å²) in [6.07, 6.45) is 1.57. The summed E-state index contributed by atoms with van der Waals surface area (Å²) in [5, 5.41) is 4.18. The van der Waals surface area contributed by atoms with Crippen LogP contribution in [-0.2, 0) is 19.1 Å². The molecule has 0 saturated heterocycles. The van der Waals surface area contributed by atoms with Gasteiger partial charge < -0.3 is 9.47 Å². The third kappa shape index (κ3) is 9.63. The minimum absolute atomic E-state index is 0.140. The molecule has 0 saturated carbocycles. The summed E-state index contributed by atoms with van der Waals surface area (Å²) < 4.78 is 8.71. The van der Waals surface area contributed by atoms with Crippen molar-refractivity contribution in [2.24, 2.45) is 0 Å². The number of alkyl carbamates (subject to hydrolysis) is 2. The number of carbonyl (C=O) groups is 4. The number of hydrogen-bond donors (Lipinski definition) is 2. The summed E-state index contributed by atoms with van der Waals surface area (Å²) in [6.45, 7) is 3.54. The number of nitrogens with one attached hydrogen (secondary N) is 2. The monoisotopic (exact) mass is 286 g/mol. The van der Waals surface area contributed by atoms with Crippen LogP contribution in [0, 0.1) is 0 Å². The van der Waals surface area contributed by atoms with E-state index < -0.39 is 24.1 Å². The smallest absolute Gasteiger partial charge is 0.376 e. The average Bonchev–Trinajstić information content (AvgIpc) is 2.35. The second-order valence-corrected chi connectivity index (χ2v) is 3.65. The lowest BCUT2D eigenvalue weighted by Crippen LogP contribution is -2.25. The molecule has 112 valence electrons. The molecule has 0 aromatic rings. The van der Waals surface area contributed by atoms with Crippen LogP contribution in [0.25, 0.3) is 0 Å². The number of amides is 2. The Kier molecular flexibility index (Phi) is 9.28. The standard InChI is InChI=1S/C12H18N2O6/c1-3-5-9(15)19-11(17)13-7-8-14-12(18)20-10(16)6-4-2/h7-8H,3-6H2,1-2H3,(H,13,17)(H,14,18)/b8-7+. The number of ether oxygens (including phenoxy) is 2. The van der Waals surface area contributed by atoms with Crippen LogP contribution in [0.5, 0.6) is 0 Å². The quantitative estimate of drug-likeness (QED) is 0.566. The van der Waals surface area contributed by atoms with Crippen molar-refractivity contribution >= 4 is 24.1 Å². The Morgan fingerprint density at radius 3 is 1.45 bits per heavy atom. The Bertz CT molecular complexity index is 355. The molecule has 20 heavy (non-hydrogen) atoms. The first-order valence-electron chi connectivity index (χ1n) is 6.16. The molecule has 0 atom stereocenters. The normalized spacial score (nSPS) is 9.90. The SMILES string of the molecule is CCCC(=O)OC(=O)N/C=C/NC(=O)OC(=O)CCC. The molecule has 8 heteroatoms. The molecule has 2 N–H and O–H groups in total. The first-order valence-corrected chi connectivity index (χ1v) is 6.16. The van der Waals surface area contributed by atoms with Crippen molar-refractivity contribution in [3.8, 4) is 0 Å². The highest BCUT2D eigenvalue weighted by Gasteiger charge is 2.08. The molecule has 0 aromatic carbocycles. The molecule has 0 unspecified atom stereocenters. The van der Waals surface area contributed by atoms with Crippen LogP contribution in [-0.4, -0.2) is 24.1 Å². The first-order chi connectivity index (χ1) is 9.49. The van der Waals surface area contributed by atoms with Crippen LogP contribution in [0.4, 0.5) is 9.59 Å². The van der Waals surface area contributed by atoms with Crippen molar-refractivity contribution in [1.29, 1.82) is 0 Å². The van der Waals surface area contributed by atoms with Crippen molar-refractivity contribution in [3.63, 3.8) is 0 Å². The number of rotatable bonds is 6. The molecule has 0 heterocycles. The van der Waals surface area contributed by atoms with E-state index in [1.807, 2.05) is 0 Å². The predicted molar refractivity (Wildman–Crippen MR) is 68.2 cm³/mol. The van der Waals surface area contributed by atoms with Crippen LogP contribution in [0.3, 0.4) is 0 Å². The second-order valence-electron chi connectivity index (χ2n) is 3.65. The molecule has 2 amide bonds. The van der Waals surface area contributed by atoms with Crippen molar-refractivity contribution in [1.82, 2.24) is 10.6 Å². The third-order valence-corrected chi connectivity index (χ3v) is 1.81. The van der Waals surface area contributed by atoms with Gasteiger partial charge in [-0.15, -0.1) is 0 Å². The van der Waals surface area contributed by atoms with Gasteiger partial charge in [-0.1, -0.05) is 13.8 Å². The number of carbonyl (C=O) groups excluding carboxylic acids is 4. The van der Waals surface area contributed by atoms with Crippen molar-refractivity contribution in [3.05, 3.63) is 12.4 Å². The maximum atomic E-state index is 11.0. The summed E-state index contributed by atoms with van der Waals surface area (Å²) in [4.78, 5) is 44.0. The lowest BCUT2D eigenvalue weighted by atomic mass is 10.3. The van der Waals surface area contributed by atoms with E-state index in [2.05, 4.69) is 20.1 Å². The molecular formula is C12H18N2O6. The van der Waals surface area contributed by atoms with E-state index in [1.54, 1.807) is 13.8 Å². The molecular weight excluding hydrogens is 268 g/mol. The first kappa shape index (κ1) is 17.6. The average molecular weight is 286 g/mol. The van der Waals surface area contributed by atoms with E-state index in [-0.39, 0.29) is 12.8 Å². The Hall–Kier alpha value is -2.38.